The summed E-state index contributed by atoms with van der Waals surface area (Å²) in [7, 11) is 0. The van der Waals surface area contributed by atoms with Gasteiger partial charge in [-0.15, -0.1) is 0 Å². The summed E-state index contributed by atoms with van der Waals surface area (Å²) in [6.07, 6.45) is 3.02. The van der Waals surface area contributed by atoms with Crippen LogP contribution in [0.2, 0.25) is 5.02 Å². The highest BCUT2D eigenvalue weighted by atomic mass is 35.5. The van der Waals surface area contributed by atoms with E-state index in [9.17, 15) is 14.0 Å². The van der Waals surface area contributed by atoms with Crippen LogP contribution in [0.3, 0.4) is 0 Å². The fourth-order valence-electron chi connectivity index (χ4n) is 1.76. The van der Waals surface area contributed by atoms with Crippen molar-refractivity contribution in [2.75, 3.05) is 13.1 Å². The van der Waals surface area contributed by atoms with E-state index in [0.717, 1.165) is 6.07 Å². The highest BCUT2D eigenvalue weighted by molar-refractivity contribution is 6.33. The van der Waals surface area contributed by atoms with E-state index >= 15 is 0 Å². The van der Waals surface area contributed by atoms with E-state index in [1.54, 1.807) is 12.1 Å². The number of aromatic nitrogens is 1. The van der Waals surface area contributed by atoms with Crippen molar-refractivity contribution in [3.63, 3.8) is 0 Å². The molecule has 0 atom stereocenters. The number of nitrogens with one attached hydrogen (secondary N) is 2. The average molecular weight is 322 g/mol. The zero-order valence-corrected chi connectivity index (χ0v) is 12.2. The Morgan fingerprint density at radius 1 is 1.05 bits per heavy atom. The van der Waals surface area contributed by atoms with Gasteiger partial charge in [0.15, 0.2) is 0 Å². The van der Waals surface area contributed by atoms with E-state index in [2.05, 4.69) is 15.6 Å². The van der Waals surface area contributed by atoms with E-state index < -0.39 is 11.7 Å². The van der Waals surface area contributed by atoms with Crippen LogP contribution in [0.1, 0.15) is 20.7 Å². The molecule has 7 heteroatoms. The smallest absolute Gasteiger partial charge is 0.255 e. The van der Waals surface area contributed by atoms with E-state index in [-0.39, 0.29) is 29.6 Å². The molecule has 114 valence electrons. The Morgan fingerprint density at radius 3 is 2.32 bits per heavy atom. The molecule has 0 aliphatic heterocycles. The van der Waals surface area contributed by atoms with Gasteiger partial charge in [-0.25, -0.2) is 4.39 Å². The molecule has 22 heavy (non-hydrogen) atoms. The number of pyridine rings is 1. The second-order valence-electron chi connectivity index (χ2n) is 4.34. The lowest BCUT2D eigenvalue weighted by atomic mass is 10.2. The molecule has 2 aromatic rings. The first-order chi connectivity index (χ1) is 10.6. The highest BCUT2D eigenvalue weighted by Gasteiger charge is 2.15. The molecule has 1 aromatic heterocycles. The Kier molecular flexibility index (Phi) is 5.43. The molecule has 2 N–H and O–H groups in total. The van der Waals surface area contributed by atoms with Crippen LogP contribution < -0.4 is 10.6 Å². The third-order valence-electron chi connectivity index (χ3n) is 2.83. The summed E-state index contributed by atoms with van der Waals surface area (Å²) in [6, 6.07) is 7.17. The number of carbonyl (C=O) groups is 2. The largest absolute Gasteiger partial charge is 0.350 e. The second-order valence-corrected chi connectivity index (χ2v) is 4.75. The normalized spacial score (nSPS) is 10.1. The average Bonchev–Trinajstić information content (AvgIpc) is 2.52. The predicted molar refractivity (Wildman–Crippen MR) is 80.3 cm³/mol. The Hall–Kier alpha value is -2.47. The molecule has 0 aliphatic rings. The summed E-state index contributed by atoms with van der Waals surface area (Å²) >= 11 is 5.79. The van der Waals surface area contributed by atoms with Gasteiger partial charge in [-0.05, 0) is 24.3 Å². The topological polar surface area (TPSA) is 71.1 Å². The van der Waals surface area contributed by atoms with Gasteiger partial charge < -0.3 is 10.6 Å². The Morgan fingerprint density at radius 2 is 1.68 bits per heavy atom. The summed E-state index contributed by atoms with van der Waals surface area (Å²) in [6.45, 7) is 0.360. The molecule has 0 saturated carbocycles. The van der Waals surface area contributed by atoms with Gasteiger partial charge in [0, 0.05) is 31.0 Å². The molecule has 0 aliphatic carbocycles. The van der Waals surface area contributed by atoms with Crippen molar-refractivity contribution < 1.29 is 14.0 Å². The van der Waals surface area contributed by atoms with Crippen molar-refractivity contribution in [2.24, 2.45) is 0 Å². The lowest BCUT2D eigenvalue weighted by Gasteiger charge is -2.08. The predicted octanol–water partition coefficient (Wildman–Crippen LogP) is 2.03. The first kappa shape index (κ1) is 15.9. The van der Waals surface area contributed by atoms with E-state index in [0.29, 0.717) is 5.56 Å². The zero-order valence-electron chi connectivity index (χ0n) is 11.5. The summed E-state index contributed by atoms with van der Waals surface area (Å²) in [5.41, 5.74) is 0.267. The quantitative estimate of drug-likeness (QED) is 0.828. The molecule has 5 nitrogen and oxygen atoms in total. The molecular formula is C15H13ClFN3O2. The summed E-state index contributed by atoms with van der Waals surface area (Å²) in [5.74, 6) is -1.59. The van der Waals surface area contributed by atoms with Gasteiger partial charge in [0.25, 0.3) is 11.8 Å². The number of hydrogen-bond acceptors (Lipinski definition) is 3. The molecule has 0 spiro atoms. The van der Waals surface area contributed by atoms with Gasteiger partial charge in [-0.1, -0.05) is 17.7 Å². The van der Waals surface area contributed by atoms with Crippen LogP contribution in [-0.4, -0.2) is 29.9 Å². The summed E-state index contributed by atoms with van der Waals surface area (Å²) in [4.78, 5) is 27.4. The molecular weight excluding hydrogens is 309 g/mol. The molecule has 1 aromatic carbocycles. The molecule has 0 saturated heterocycles. The van der Waals surface area contributed by atoms with Gasteiger partial charge >= 0.3 is 0 Å². The van der Waals surface area contributed by atoms with Crippen molar-refractivity contribution in [2.45, 2.75) is 0 Å². The monoisotopic (exact) mass is 321 g/mol. The van der Waals surface area contributed by atoms with Crippen LogP contribution >= 0.6 is 11.6 Å². The van der Waals surface area contributed by atoms with Crippen LogP contribution in [0.5, 0.6) is 0 Å². The number of benzene rings is 1. The van der Waals surface area contributed by atoms with Gasteiger partial charge in [0.05, 0.1) is 10.6 Å². The van der Waals surface area contributed by atoms with Crippen LogP contribution in [0, 0.1) is 5.82 Å². The number of amides is 2. The third kappa shape index (κ3) is 4.02. The molecule has 0 bridgehead atoms. The minimum atomic E-state index is -0.689. The minimum Gasteiger partial charge on any atom is -0.350 e. The number of nitrogens with zero attached hydrogens (tertiary/aromatic N) is 1. The molecule has 0 unspecified atom stereocenters. The number of rotatable bonds is 5. The summed E-state index contributed by atoms with van der Waals surface area (Å²) < 4.78 is 13.5. The minimum absolute atomic E-state index is 0.0401. The van der Waals surface area contributed by atoms with E-state index in [4.69, 9.17) is 11.6 Å². The van der Waals surface area contributed by atoms with E-state index in [1.807, 2.05) is 0 Å². The van der Waals surface area contributed by atoms with Crippen molar-refractivity contribution in [1.29, 1.82) is 0 Å². The third-order valence-corrected chi connectivity index (χ3v) is 3.14. The maximum atomic E-state index is 13.5. The lowest BCUT2D eigenvalue weighted by Crippen LogP contribution is -2.35. The standard InChI is InChI=1S/C15H13ClFN3O2/c16-11-2-1-3-12(17)13(11)15(22)20-9-8-19-14(21)10-4-6-18-7-5-10/h1-7H,8-9H2,(H,19,21)(H,20,22). The number of hydrogen-bond donors (Lipinski definition) is 2. The van der Waals surface area contributed by atoms with Gasteiger partial charge in [-0.3, -0.25) is 14.6 Å². The summed E-state index contributed by atoms with van der Waals surface area (Å²) in [5, 5.41) is 5.16. The first-order valence-corrected chi connectivity index (χ1v) is 6.88. The van der Waals surface area contributed by atoms with Crippen molar-refractivity contribution in [3.8, 4) is 0 Å². The van der Waals surface area contributed by atoms with Crippen LogP contribution in [-0.2, 0) is 0 Å². The lowest BCUT2D eigenvalue weighted by molar-refractivity contribution is 0.0925. The maximum Gasteiger partial charge on any atom is 0.255 e. The maximum absolute atomic E-state index is 13.5. The van der Waals surface area contributed by atoms with Crippen LogP contribution in [0.25, 0.3) is 0 Å². The molecule has 0 fully saturated rings. The second kappa shape index (κ2) is 7.51. The van der Waals surface area contributed by atoms with Gasteiger partial charge in [-0.2, -0.15) is 0 Å². The van der Waals surface area contributed by atoms with Gasteiger partial charge in [0.1, 0.15) is 5.82 Å². The zero-order chi connectivity index (χ0) is 15.9. The SMILES string of the molecule is O=C(NCCNC(=O)c1c(F)cccc1Cl)c1ccncc1. The fraction of sp³-hybridized carbons (Fsp3) is 0.133. The van der Waals surface area contributed by atoms with Crippen molar-refractivity contribution in [3.05, 3.63) is 64.7 Å². The van der Waals surface area contributed by atoms with Crippen molar-refractivity contribution in [1.82, 2.24) is 15.6 Å². The molecule has 0 radical (unpaired) electrons. The van der Waals surface area contributed by atoms with Crippen LogP contribution in [0.15, 0.2) is 42.7 Å². The Bertz CT molecular complexity index is 659. The van der Waals surface area contributed by atoms with Crippen molar-refractivity contribution >= 4 is 23.4 Å². The molecule has 2 rings (SSSR count). The van der Waals surface area contributed by atoms with E-state index in [1.165, 1.54) is 24.5 Å². The first-order valence-electron chi connectivity index (χ1n) is 6.50. The van der Waals surface area contributed by atoms with Crippen LogP contribution in [0.4, 0.5) is 4.39 Å². The highest BCUT2D eigenvalue weighted by Crippen LogP contribution is 2.18. The number of carbonyl (C=O) groups excluding carboxylic acids is 2. The molecule has 1 heterocycles. The number of halogens is 2. The Balaban J connectivity index is 1.82. The Labute approximate surface area is 131 Å². The fourth-order valence-corrected chi connectivity index (χ4v) is 2.01. The van der Waals surface area contributed by atoms with Gasteiger partial charge in [0.2, 0.25) is 0 Å². The molecule has 2 amide bonds.